The van der Waals surface area contributed by atoms with Crippen molar-refractivity contribution in [2.75, 3.05) is 60.5 Å². The molecule has 0 radical (unpaired) electrons. The molecule has 1 saturated heterocycles. The normalized spacial score (nSPS) is 29.8. The standard InChI is InChI=1S/C32H41N7O3/c33-20-28(40)37-11-9-36(10-12-37)24-5-7-25(8-6-24)38-13-14-39(27-4-2-1-3-26(27)38)31(42)35-29-22-15-21-16-23(29)19-32(17-21,18-22)30(34)41/h1-8,21-23,29H,9-20,33H2,(H2,34,41)(H,35,42)/t21?,22-,23+,29?,32?. The van der Waals surface area contributed by atoms with E-state index in [-0.39, 0.29) is 35.8 Å². The first-order valence-corrected chi connectivity index (χ1v) is 15.4. The van der Waals surface area contributed by atoms with E-state index in [0.29, 0.717) is 43.9 Å². The first-order valence-electron chi connectivity index (χ1n) is 15.4. The van der Waals surface area contributed by atoms with Crippen LogP contribution >= 0.6 is 0 Å². The number of nitrogens with zero attached hydrogens (tertiary/aromatic N) is 4. The highest BCUT2D eigenvalue weighted by molar-refractivity contribution is 5.98. The number of nitrogens with one attached hydrogen (secondary N) is 1. The molecule has 2 heterocycles. The second-order valence-electron chi connectivity index (χ2n) is 13.0. The summed E-state index contributed by atoms with van der Waals surface area (Å²) in [6.45, 7) is 4.27. The summed E-state index contributed by atoms with van der Waals surface area (Å²) in [5, 5.41) is 3.42. The van der Waals surface area contributed by atoms with Crippen molar-refractivity contribution in [1.29, 1.82) is 0 Å². The number of carbonyl (C=O) groups excluding carboxylic acids is 3. The molecule has 5 N–H and O–H groups in total. The molecular formula is C32H41N7O3. The van der Waals surface area contributed by atoms with Gasteiger partial charge in [0.05, 0.1) is 17.9 Å². The van der Waals surface area contributed by atoms with E-state index in [0.717, 1.165) is 67.9 Å². The maximum absolute atomic E-state index is 13.8. The molecule has 4 saturated carbocycles. The van der Waals surface area contributed by atoms with Crippen LogP contribution in [-0.2, 0) is 9.59 Å². The number of para-hydroxylation sites is 2. The zero-order valence-electron chi connectivity index (χ0n) is 24.1. The number of carbonyl (C=O) groups is 3. The number of benzene rings is 2. The number of anilines is 4. The van der Waals surface area contributed by atoms with Crippen molar-refractivity contribution in [3.8, 4) is 0 Å². The Bertz CT molecular complexity index is 1360. The molecule has 2 aliphatic heterocycles. The largest absolute Gasteiger partial charge is 0.369 e. The fourth-order valence-electron chi connectivity index (χ4n) is 8.81. The molecule has 5 atom stereocenters. The van der Waals surface area contributed by atoms with Crippen LogP contribution in [0, 0.1) is 23.2 Å². The summed E-state index contributed by atoms with van der Waals surface area (Å²) in [5.74, 6) is 1.07. The van der Waals surface area contributed by atoms with Crippen LogP contribution < -0.4 is 31.5 Å². The van der Waals surface area contributed by atoms with E-state index in [1.165, 1.54) is 0 Å². The third kappa shape index (κ3) is 4.56. The molecule has 3 unspecified atom stereocenters. The summed E-state index contributed by atoms with van der Waals surface area (Å²) in [4.78, 5) is 46.4. The molecule has 2 aromatic carbocycles. The van der Waals surface area contributed by atoms with Gasteiger partial charge in [-0.2, -0.15) is 0 Å². The van der Waals surface area contributed by atoms with Gasteiger partial charge in [0.2, 0.25) is 11.8 Å². The lowest BCUT2D eigenvalue weighted by Crippen LogP contribution is -2.63. The highest BCUT2D eigenvalue weighted by atomic mass is 16.2. The molecule has 10 heteroatoms. The van der Waals surface area contributed by atoms with Crippen LogP contribution in [0.2, 0.25) is 0 Å². The molecule has 8 rings (SSSR count). The number of piperazine rings is 1. The second-order valence-corrected chi connectivity index (χ2v) is 13.0. The molecular weight excluding hydrogens is 530 g/mol. The van der Waals surface area contributed by atoms with Gasteiger partial charge in [-0.05, 0) is 86.3 Å². The molecule has 0 aromatic heterocycles. The van der Waals surface area contributed by atoms with Gasteiger partial charge in [-0.15, -0.1) is 0 Å². The van der Waals surface area contributed by atoms with Crippen LogP contribution in [0.3, 0.4) is 0 Å². The Balaban J connectivity index is 1.04. The Morgan fingerprint density at radius 2 is 1.45 bits per heavy atom. The van der Waals surface area contributed by atoms with Crippen molar-refractivity contribution in [2.45, 2.75) is 38.1 Å². The van der Waals surface area contributed by atoms with Crippen molar-refractivity contribution in [3.63, 3.8) is 0 Å². The van der Waals surface area contributed by atoms with E-state index < -0.39 is 0 Å². The van der Waals surface area contributed by atoms with Gasteiger partial charge >= 0.3 is 6.03 Å². The average Bonchev–Trinajstić information content (AvgIpc) is 3.01. The zero-order chi connectivity index (χ0) is 29.0. The summed E-state index contributed by atoms with van der Waals surface area (Å²) in [6, 6.07) is 16.7. The van der Waals surface area contributed by atoms with Gasteiger partial charge < -0.3 is 31.5 Å². The van der Waals surface area contributed by atoms with Crippen LogP contribution in [0.5, 0.6) is 0 Å². The minimum Gasteiger partial charge on any atom is -0.369 e. The average molecular weight is 572 g/mol. The van der Waals surface area contributed by atoms with Crippen LogP contribution in [0.25, 0.3) is 0 Å². The van der Waals surface area contributed by atoms with Crippen molar-refractivity contribution >= 4 is 40.6 Å². The zero-order valence-corrected chi connectivity index (χ0v) is 24.1. The number of rotatable bonds is 5. The lowest BCUT2D eigenvalue weighted by Gasteiger charge is -2.59. The Hall–Kier alpha value is -3.79. The first-order chi connectivity index (χ1) is 20.3. The minimum atomic E-state index is -0.358. The molecule has 5 fully saturated rings. The highest BCUT2D eigenvalue weighted by Gasteiger charge is 2.58. The van der Waals surface area contributed by atoms with E-state index in [9.17, 15) is 14.4 Å². The molecule has 4 amide bonds. The maximum Gasteiger partial charge on any atom is 0.322 e. The van der Waals surface area contributed by atoms with Gasteiger partial charge in [0, 0.05) is 62.1 Å². The third-order valence-corrected chi connectivity index (χ3v) is 10.7. The van der Waals surface area contributed by atoms with Gasteiger partial charge in [-0.25, -0.2) is 4.79 Å². The quantitative estimate of drug-likeness (QED) is 0.506. The molecule has 222 valence electrons. The van der Waals surface area contributed by atoms with Gasteiger partial charge in [0.25, 0.3) is 0 Å². The van der Waals surface area contributed by atoms with E-state index in [1.54, 1.807) is 0 Å². The van der Waals surface area contributed by atoms with Crippen molar-refractivity contribution in [1.82, 2.24) is 10.2 Å². The highest BCUT2D eigenvalue weighted by Crippen LogP contribution is 2.60. The molecule has 10 nitrogen and oxygen atoms in total. The predicted octanol–water partition coefficient (Wildman–Crippen LogP) is 2.64. The fraction of sp³-hybridized carbons (Fsp3) is 0.531. The lowest BCUT2D eigenvalue weighted by atomic mass is 9.47. The summed E-state index contributed by atoms with van der Waals surface area (Å²) in [6.07, 6.45) is 4.71. The summed E-state index contributed by atoms with van der Waals surface area (Å²) in [5.41, 5.74) is 15.2. The number of fused-ring (bicyclic) bond motifs is 1. The van der Waals surface area contributed by atoms with Gasteiger partial charge in [-0.1, -0.05) is 12.1 Å². The first kappa shape index (κ1) is 27.1. The topological polar surface area (TPSA) is 128 Å². The number of hydrogen-bond donors (Lipinski definition) is 3. The van der Waals surface area contributed by atoms with Gasteiger partial charge in [0.1, 0.15) is 0 Å². The molecule has 4 aliphatic carbocycles. The SMILES string of the molecule is NCC(=O)N1CCN(c2ccc(N3CCN(C(=O)NC4[C@@H]5CC6C[C@H]4CC(C(N)=O)(C6)C5)c4ccccc43)cc2)CC1. The molecule has 4 bridgehead atoms. The van der Waals surface area contributed by atoms with Crippen molar-refractivity contribution in [3.05, 3.63) is 48.5 Å². The van der Waals surface area contributed by atoms with Gasteiger partial charge in [0.15, 0.2) is 0 Å². The molecule has 0 spiro atoms. The fourth-order valence-corrected chi connectivity index (χ4v) is 8.81. The predicted molar refractivity (Wildman–Crippen MR) is 163 cm³/mol. The van der Waals surface area contributed by atoms with E-state index >= 15 is 0 Å². The van der Waals surface area contributed by atoms with Crippen LogP contribution in [0.1, 0.15) is 32.1 Å². The number of primary amides is 1. The maximum atomic E-state index is 13.8. The van der Waals surface area contributed by atoms with E-state index in [1.807, 2.05) is 28.0 Å². The van der Waals surface area contributed by atoms with Gasteiger partial charge in [-0.3, -0.25) is 14.5 Å². The Kier molecular flexibility index (Phi) is 6.76. The van der Waals surface area contributed by atoms with E-state index in [2.05, 4.69) is 45.4 Å². The van der Waals surface area contributed by atoms with Crippen molar-refractivity contribution < 1.29 is 14.4 Å². The smallest absolute Gasteiger partial charge is 0.322 e. The molecule has 42 heavy (non-hydrogen) atoms. The summed E-state index contributed by atoms with van der Waals surface area (Å²) in [7, 11) is 0. The van der Waals surface area contributed by atoms with E-state index in [4.69, 9.17) is 11.5 Å². The molecule has 6 aliphatic rings. The lowest BCUT2D eigenvalue weighted by molar-refractivity contribution is -0.145. The number of hydrogen-bond acceptors (Lipinski definition) is 6. The van der Waals surface area contributed by atoms with Crippen LogP contribution in [0.4, 0.5) is 27.5 Å². The third-order valence-electron chi connectivity index (χ3n) is 10.7. The van der Waals surface area contributed by atoms with Crippen molar-refractivity contribution in [2.24, 2.45) is 34.6 Å². The minimum absolute atomic E-state index is 0.00556. The van der Waals surface area contributed by atoms with Crippen LogP contribution in [0.15, 0.2) is 48.5 Å². The number of nitrogens with two attached hydrogens (primary N) is 2. The number of amides is 4. The van der Waals surface area contributed by atoms with Crippen LogP contribution in [-0.4, -0.2) is 74.6 Å². The Morgan fingerprint density at radius 3 is 2.10 bits per heavy atom. The number of urea groups is 1. The monoisotopic (exact) mass is 571 g/mol. The summed E-state index contributed by atoms with van der Waals surface area (Å²) >= 11 is 0. The Labute approximate surface area is 247 Å². The second kappa shape index (κ2) is 10.5. The summed E-state index contributed by atoms with van der Waals surface area (Å²) < 4.78 is 0. The Morgan fingerprint density at radius 1 is 0.810 bits per heavy atom. The molecule has 2 aromatic rings.